The van der Waals surface area contributed by atoms with Gasteiger partial charge in [0.05, 0.1) is 6.10 Å². The SMILES string of the molecule is Cc1ccccc1CNCC(O)c1ccccc1. The molecule has 2 N–H and O–H groups in total. The van der Waals surface area contributed by atoms with Gasteiger partial charge in [0.15, 0.2) is 0 Å². The van der Waals surface area contributed by atoms with Crippen LogP contribution in [0.1, 0.15) is 22.8 Å². The third kappa shape index (κ3) is 3.42. The van der Waals surface area contributed by atoms with Crippen molar-refractivity contribution >= 4 is 0 Å². The summed E-state index contributed by atoms with van der Waals surface area (Å²) in [5.41, 5.74) is 3.51. The summed E-state index contributed by atoms with van der Waals surface area (Å²) in [5, 5.41) is 13.3. The Labute approximate surface area is 108 Å². The Morgan fingerprint density at radius 1 is 1.00 bits per heavy atom. The largest absolute Gasteiger partial charge is 0.387 e. The van der Waals surface area contributed by atoms with Crippen LogP contribution in [0.3, 0.4) is 0 Å². The van der Waals surface area contributed by atoms with Crippen molar-refractivity contribution in [3.63, 3.8) is 0 Å². The molecule has 0 heterocycles. The highest BCUT2D eigenvalue weighted by molar-refractivity contribution is 5.25. The van der Waals surface area contributed by atoms with Crippen molar-refractivity contribution in [2.75, 3.05) is 6.54 Å². The standard InChI is InChI=1S/C16H19NO/c1-13-7-5-6-10-15(13)11-17-12-16(18)14-8-3-2-4-9-14/h2-10,16-18H,11-12H2,1H3. The molecular weight excluding hydrogens is 222 g/mol. The Morgan fingerprint density at radius 2 is 1.67 bits per heavy atom. The van der Waals surface area contributed by atoms with Crippen LogP contribution in [0.2, 0.25) is 0 Å². The van der Waals surface area contributed by atoms with Gasteiger partial charge >= 0.3 is 0 Å². The first-order valence-electron chi connectivity index (χ1n) is 6.25. The molecule has 0 aliphatic heterocycles. The third-order valence-electron chi connectivity index (χ3n) is 3.10. The van der Waals surface area contributed by atoms with Crippen molar-refractivity contribution < 1.29 is 5.11 Å². The number of aryl methyl sites for hydroxylation is 1. The summed E-state index contributed by atoms with van der Waals surface area (Å²) in [6.45, 7) is 3.46. The lowest BCUT2D eigenvalue weighted by Gasteiger charge is -2.13. The van der Waals surface area contributed by atoms with Gasteiger partial charge in [-0.1, -0.05) is 54.6 Å². The molecule has 2 aromatic rings. The van der Waals surface area contributed by atoms with Crippen molar-refractivity contribution in [1.29, 1.82) is 0 Å². The van der Waals surface area contributed by atoms with Gasteiger partial charge in [-0.05, 0) is 23.6 Å². The fourth-order valence-electron chi connectivity index (χ4n) is 1.95. The second kappa shape index (κ2) is 6.34. The highest BCUT2D eigenvalue weighted by Gasteiger charge is 2.06. The van der Waals surface area contributed by atoms with Gasteiger partial charge in [-0.15, -0.1) is 0 Å². The van der Waals surface area contributed by atoms with Crippen LogP contribution in [0.5, 0.6) is 0 Å². The zero-order valence-electron chi connectivity index (χ0n) is 10.6. The van der Waals surface area contributed by atoms with E-state index in [0.717, 1.165) is 12.1 Å². The number of nitrogens with one attached hydrogen (secondary N) is 1. The van der Waals surface area contributed by atoms with Crippen molar-refractivity contribution in [3.05, 3.63) is 71.3 Å². The van der Waals surface area contributed by atoms with Gasteiger partial charge in [0.1, 0.15) is 0 Å². The summed E-state index contributed by atoms with van der Waals surface area (Å²) in [5.74, 6) is 0. The smallest absolute Gasteiger partial charge is 0.0914 e. The molecule has 0 radical (unpaired) electrons. The van der Waals surface area contributed by atoms with Crippen LogP contribution in [0.4, 0.5) is 0 Å². The van der Waals surface area contributed by atoms with Crippen LogP contribution < -0.4 is 5.32 Å². The van der Waals surface area contributed by atoms with E-state index < -0.39 is 6.10 Å². The number of rotatable bonds is 5. The number of hydrogen-bond acceptors (Lipinski definition) is 2. The van der Waals surface area contributed by atoms with Crippen LogP contribution in [0, 0.1) is 6.92 Å². The van der Waals surface area contributed by atoms with E-state index in [-0.39, 0.29) is 0 Å². The molecule has 2 heteroatoms. The molecule has 2 aromatic carbocycles. The molecule has 1 unspecified atom stereocenters. The normalized spacial score (nSPS) is 12.3. The first-order chi connectivity index (χ1) is 8.77. The second-order valence-corrected chi connectivity index (χ2v) is 4.48. The van der Waals surface area contributed by atoms with E-state index in [4.69, 9.17) is 0 Å². The fraction of sp³-hybridized carbons (Fsp3) is 0.250. The molecule has 0 amide bonds. The van der Waals surface area contributed by atoms with E-state index in [0.29, 0.717) is 6.54 Å². The quantitative estimate of drug-likeness (QED) is 0.843. The van der Waals surface area contributed by atoms with Crippen molar-refractivity contribution in [2.45, 2.75) is 19.6 Å². The highest BCUT2D eigenvalue weighted by Crippen LogP contribution is 2.11. The number of hydrogen-bond donors (Lipinski definition) is 2. The van der Waals surface area contributed by atoms with Gasteiger partial charge in [-0.3, -0.25) is 0 Å². The minimum Gasteiger partial charge on any atom is -0.387 e. The second-order valence-electron chi connectivity index (χ2n) is 4.48. The minimum absolute atomic E-state index is 0.449. The van der Waals surface area contributed by atoms with Crippen LogP contribution >= 0.6 is 0 Å². The maximum absolute atomic E-state index is 10.0. The first kappa shape index (κ1) is 12.8. The topological polar surface area (TPSA) is 32.3 Å². The Hall–Kier alpha value is -1.64. The van der Waals surface area contributed by atoms with Crippen molar-refractivity contribution in [3.8, 4) is 0 Å². The van der Waals surface area contributed by atoms with Gasteiger partial charge in [0.25, 0.3) is 0 Å². The first-order valence-corrected chi connectivity index (χ1v) is 6.25. The molecule has 94 valence electrons. The fourth-order valence-corrected chi connectivity index (χ4v) is 1.95. The van der Waals surface area contributed by atoms with E-state index >= 15 is 0 Å². The Bertz CT molecular complexity index is 481. The predicted molar refractivity (Wildman–Crippen MR) is 74.3 cm³/mol. The molecule has 0 aliphatic carbocycles. The lowest BCUT2D eigenvalue weighted by molar-refractivity contribution is 0.174. The van der Waals surface area contributed by atoms with Crippen LogP contribution in [0.15, 0.2) is 54.6 Å². The van der Waals surface area contributed by atoms with Crippen LogP contribution in [-0.4, -0.2) is 11.7 Å². The molecule has 0 aromatic heterocycles. The molecule has 0 aliphatic rings. The summed E-state index contributed by atoms with van der Waals surface area (Å²) in [6.07, 6.45) is -0.449. The lowest BCUT2D eigenvalue weighted by Crippen LogP contribution is -2.21. The van der Waals surface area contributed by atoms with E-state index in [9.17, 15) is 5.11 Å². The Morgan fingerprint density at radius 3 is 2.39 bits per heavy atom. The average Bonchev–Trinajstić information content (AvgIpc) is 2.42. The molecular formula is C16H19NO. The summed E-state index contributed by atoms with van der Waals surface area (Å²) in [6, 6.07) is 18.0. The minimum atomic E-state index is -0.449. The summed E-state index contributed by atoms with van der Waals surface area (Å²) >= 11 is 0. The molecule has 0 saturated heterocycles. The zero-order chi connectivity index (χ0) is 12.8. The van der Waals surface area contributed by atoms with Gasteiger partial charge in [0, 0.05) is 13.1 Å². The summed E-state index contributed by atoms with van der Waals surface area (Å²) in [4.78, 5) is 0. The predicted octanol–water partition coefficient (Wildman–Crippen LogP) is 2.82. The molecule has 1 atom stereocenters. The molecule has 2 nitrogen and oxygen atoms in total. The van der Waals surface area contributed by atoms with Gasteiger partial charge in [0.2, 0.25) is 0 Å². The van der Waals surface area contributed by atoms with E-state index in [1.165, 1.54) is 11.1 Å². The lowest BCUT2D eigenvalue weighted by atomic mass is 10.1. The van der Waals surface area contributed by atoms with E-state index in [1.54, 1.807) is 0 Å². The Balaban J connectivity index is 1.84. The van der Waals surface area contributed by atoms with Gasteiger partial charge in [-0.25, -0.2) is 0 Å². The third-order valence-corrected chi connectivity index (χ3v) is 3.10. The number of benzene rings is 2. The molecule has 0 spiro atoms. The molecule has 0 saturated carbocycles. The highest BCUT2D eigenvalue weighted by atomic mass is 16.3. The maximum atomic E-state index is 10.0. The zero-order valence-corrected chi connectivity index (χ0v) is 10.6. The summed E-state index contributed by atoms with van der Waals surface area (Å²) < 4.78 is 0. The van der Waals surface area contributed by atoms with E-state index in [2.05, 4.69) is 24.4 Å². The van der Waals surface area contributed by atoms with Crippen LogP contribution in [0.25, 0.3) is 0 Å². The number of aliphatic hydroxyl groups excluding tert-OH is 1. The molecule has 18 heavy (non-hydrogen) atoms. The maximum Gasteiger partial charge on any atom is 0.0914 e. The number of aliphatic hydroxyl groups is 1. The Kier molecular flexibility index (Phi) is 4.51. The molecule has 0 fully saturated rings. The van der Waals surface area contributed by atoms with Crippen LogP contribution in [-0.2, 0) is 6.54 Å². The molecule has 2 rings (SSSR count). The molecule has 0 bridgehead atoms. The summed E-state index contributed by atoms with van der Waals surface area (Å²) in [7, 11) is 0. The monoisotopic (exact) mass is 241 g/mol. The van der Waals surface area contributed by atoms with Crippen molar-refractivity contribution in [2.24, 2.45) is 0 Å². The van der Waals surface area contributed by atoms with Gasteiger partial charge < -0.3 is 10.4 Å². The van der Waals surface area contributed by atoms with E-state index in [1.807, 2.05) is 42.5 Å². The van der Waals surface area contributed by atoms with Gasteiger partial charge in [-0.2, -0.15) is 0 Å². The average molecular weight is 241 g/mol. The van der Waals surface area contributed by atoms with Crippen molar-refractivity contribution in [1.82, 2.24) is 5.32 Å².